The summed E-state index contributed by atoms with van der Waals surface area (Å²) in [6.07, 6.45) is 37.9. The molecule has 1 aliphatic rings. The summed E-state index contributed by atoms with van der Waals surface area (Å²) in [5, 5.41) is 0. The molecule has 1 fully saturated rings. The summed E-state index contributed by atoms with van der Waals surface area (Å²) in [7, 11) is 6.37. The molecule has 1 N–H and O–H groups in total. The molecule has 2 heterocycles. The van der Waals surface area contributed by atoms with Gasteiger partial charge in [0.05, 0.1) is 40.5 Å². The number of likely N-dealkylation sites (N-methyl/N-ethyl adjacent to an activating group) is 1. The predicted octanol–water partition coefficient (Wildman–Crippen LogP) is 11.5. The maximum Gasteiger partial charge on any atom is 0.330 e. The average molecular weight is 779 g/mol. The molecule has 1 aliphatic heterocycles. The van der Waals surface area contributed by atoms with Crippen molar-refractivity contribution in [2.75, 3.05) is 40.9 Å². The number of hydrogen-bond acceptors (Lipinski definition) is 6. The minimum atomic E-state index is -0.777. The van der Waals surface area contributed by atoms with E-state index >= 15 is 0 Å². The van der Waals surface area contributed by atoms with Crippen molar-refractivity contribution in [3.63, 3.8) is 0 Å². The number of aromatic nitrogens is 2. The van der Waals surface area contributed by atoms with E-state index in [1.807, 2.05) is 0 Å². The molecular formula is C46H88N3O6+. The molecule has 3 atom stereocenters. The van der Waals surface area contributed by atoms with E-state index in [9.17, 15) is 9.59 Å². The third-order valence-corrected chi connectivity index (χ3v) is 11.2. The van der Waals surface area contributed by atoms with Crippen molar-refractivity contribution in [1.82, 2.24) is 9.55 Å². The Bertz CT molecular complexity index is 1130. The number of unbranched alkanes of at least 4 members (excludes halogenated alkanes) is 26. The van der Waals surface area contributed by atoms with Crippen LogP contribution in [0.15, 0.2) is 15.8 Å². The van der Waals surface area contributed by atoms with Crippen LogP contribution in [0.25, 0.3) is 0 Å². The molecule has 0 spiro atoms. The van der Waals surface area contributed by atoms with Crippen LogP contribution in [0, 0.1) is 6.92 Å². The fraction of sp³-hybridized carbons (Fsp3) is 0.913. The van der Waals surface area contributed by atoms with Crippen LogP contribution in [0.2, 0.25) is 0 Å². The van der Waals surface area contributed by atoms with Crippen LogP contribution in [0.1, 0.15) is 212 Å². The van der Waals surface area contributed by atoms with E-state index in [0.717, 1.165) is 25.7 Å². The highest BCUT2D eigenvalue weighted by atomic mass is 16.8. The van der Waals surface area contributed by atoms with Gasteiger partial charge in [-0.3, -0.25) is 14.3 Å². The zero-order chi connectivity index (χ0) is 40.0. The summed E-state index contributed by atoms with van der Waals surface area (Å²) in [5.41, 5.74) is -0.365. The molecule has 0 aliphatic carbocycles. The third kappa shape index (κ3) is 24.8. The molecule has 0 aromatic carbocycles. The number of aryl methyl sites for hydroxylation is 1. The first-order valence-electron chi connectivity index (χ1n) is 23.3. The first kappa shape index (κ1) is 49.6. The van der Waals surface area contributed by atoms with E-state index in [1.165, 1.54) is 159 Å². The van der Waals surface area contributed by atoms with Gasteiger partial charge in [-0.25, -0.2) is 4.79 Å². The molecule has 1 saturated heterocycles. The summed E-state index contributed by atoms with van der Waals surface area (Å²) < 4.78 is 27.8. The van der Waals surface area contributed by atoms with Gasteiger partial charge in [0.25, 0.3) is 12.0 Å². The molecule has 55 heavy (non-hydrogen) atoms. The van der Waals surface area contributed by atoms with Crippen LogP contribution in [-0.4, -0.2) is 73.6 Å². The van der Waals surface area contributed by atoms with Gasteiger partial charge in [0.15, 0.2) is 0 Å². The quantitative estimate of drug-likeness (QED) is 0.0411. The monoisotopic (exact) mass is 779 g/mol. The van der Waals surface area contributed by atoms with Crippen LogP contribution in [-0.2, 0) is 18.9 Å². The summed E-state index contributed by atoms with van der Waals surface area (Å²) >= 11 is 0. The number of H-pyrrole nitrogens is 1. The third-order valence-electron chi connectivity index (χ3n) is 11.2. The lowest BCUT2D eigenvalue weighted by molar-refractivity contribution is -0.874. The second-order valence-corrected chi connectivity index (χ2v) is 17.7. The van der Waals surface area contributed by atoms with Gasteiger partial charge in [-0.1, -0.05) is 181 Å². The van der Waals surface area contributed by atoms with Gasteiger partial charge in [-0.2, -0.15) is 0 Å². The van der Waals surface area contributed by atoms with Crippen molar-refractivity contribution >= 4 is 0 Å². The van der Waals surface area contributed by atoms with Gasteiger partial charge in [0, 0.05) is 18.2 Å². The van der Waals surface area contributed by atoms with Crippen molar-refractivity contribution < 1.29 is 23.4 Å². The van der Waals surface area contributed by atoms with E-state index in [1.54, 1.807) is 13.1 Å². The molecule has 1 aromatic rings. The number of nitrogens with one attached hydrogen (secondary N) is 1. The lowest BCUT2D eigenvalue weighted by atomic mass is 10.0. The topological polar surface area (TPSA) is 91.8 Å². The van der Waals surface area contributed by atoms with Crippen LogP contribution in [0.5, 0.6) is 0 Å². The molecule has 0 bridgehead atoms. The Morgan fingerprint density at radius 2 is 1.04 bits per heavy atom. The number of nitrogens with zero attached hydrogens (tertiary/aromatic N) is 2. The lowest BCUT2D eigenvalue weighted by Gasteiger charge is -2.31. The van der Waals surface area contributed by atoms with Gasteiger partial charge in [-0.15, -0.1) is 0 Å². The first-order chi connectivity index (χ1) is 26.6. The van der Waals surface area contributed by atoms with Crippen molar-refractivity contribution in [3.05, 3.63) is 32.6 Å². The average Bonchev–Trinajstić information content (AvgIpc) is 3.52. The molecule has 0 saturated carbocycles. The lowest BCUT2D eigenvalue weighted by Crippen LogP contribution is -2.46. The van der Waals surface area contributed by atoms with Crippen molar-refractivity contribution in [1.29, 1.82) is 0 Å². The summed E-state index contributed by atoms with van der Waals surface area (Å²) in [6, 6.07) is 0. The fourth-order valence-electron chi connectivity index (χ4n) is 7.74. The standard InChI is InChI=1S/C46H87N3O6/c1-7-9-11-13-15-17-19-21-23-25-27-29-31-33-35-52-46(53-36-34-32-30-28-26-24-22-20-18-16-14-12-10-8-2)55-41-37-43(54-42(41)39-49(4,5)6)48-38-40(3)44(50)47-45(48)51/h38,41-43,46H,7-37,39H2,1-6H3/p+1/t41-,42+,43+/m0/s1. The van der Waals surface area contributed by atoms with Crippen molar-refractivity contribution in [2.45, 2.75) is 232 Å². The highest BCUT2D eigenvalue weighted by Gasteiger charge is 2.42. The molecule has 1 aromatic heterocycles. The van der Waals surface area contributed by atoms with Gasteiger partial charge < -0.3 is 23.4 Å². The number of quaternary nitrogens is 1. The van der Waals surface area contributed by atoms with Gasteiger partial charge in [-0.05, 0) is 19.8 Å². The first-order valence-corrected chi connectivity index (χ1v) is 23.3. The fourth-order valence-corrected chi connectivity index (χ4v) is 7.74. The molecule has 9 nitrogen and oxygen atoms in total. The molecule has 0 unspecified atom stereocenters. The van der Waals surface area contributed by atoms with E-state index in [-0.39, 0.29) is 17.8 Å². The Balaban J connectivity index is 1.79. The van der Waals surface area contributed by atoms with Gasteiger partial charge in [0.2, 0.25) is 0 Å². The normalized spacial score (nSPS) is 17.5. The van der Waals surface area contributed by atoms with E-state index in [2.05, 4.69) is 40.0 Å². The molecule has 9 heteroatoms. The Morgan fingerprint density at radius 1 is 0.655 bits per heavy atom. The van der Waals surface area contributed by atoms with Crippen LogP contribution >= 0.6 is 0 Å². The summed E-state index contributed by atoms with van der Waals surface area (Å²) in [6.45, 7) is 7.38. The van der Waals surface area contributed by atoms with Gasteiger partial charge >= 0.3 is 5.69 Å². The SMILES string of the molecule is CCCCCCCCCCCCCCCCOC(OCCCCCCCCCCCCCCCC)O[C@H]1C[C@H](n2cc(C)c(=O)[nH]c2=O)O[C@@H]1C[N+](C)(C)C. The van der Waals surface area contributed by atoms with Crippen molar-refractivity contribution in [2.24, 2.45) is 0 Å². The Hall–Kier alpha value is -1.52. The second-order valence-electron chi connectivity index (χ2n) is 17.7. The van der Waals surface area contributed by atoms with Crippen LogP contribution in [0.3, 0.4) is 0 Å². The Morgan fingerprint density at radius 3 is 1.42 bits per heavy atom. The second kappa shape index (κ2) is 31.5. The highest BCUT2D eigenvalue weighted by Crippen LogP contribution is 2.32. The molecule has 2 rings (SSSR count). The van der Waals surface area contributed by atoms with Crippen LogP contribution < -0.4 is 11.2 Å². The molecule has 0 amide bonds. The Kier molecular flexibility index (Phi) is 28.4. The maximum atomic E-state index is 12.8. The molecule has 0 radical (unpaired) electrons. The largest absolute Gasteiger partial charge is 0.346 e. The highest BCUT2D eigenvalue weighted by molar-refractivity contribution is 5.02. The summed E-state index contributed by atoms with van der Waals surface area (Å²) in [4.78, 5) is 27.3. The van der Waals surface area contributed by atoms with E-state index in [4.69, 9.17) is 18.9 Å². The number of aromatic amines is 1. The van der Waals surface area contributed by atoms with E-state index in [0.29, 0.717) is 36.2 Å². The number of rotatable bonds is 37. The number of hydrogen-bond donors (Lipinski definition) is 1. The van der Waals surface area contributed by atoms with Crippen molar-refractivity contribution in [3.8, 4) is 0 Å². The van der Waals surface area contributed by atoms with Gasteiger partial charge in [0.1, 0.15) is 18.9 Å². The molecule has 322 valence electrons. The Labute approximate surface area is 337 Å². The van der Waals surface area contributed by atoms with E-state index < -0.39 is 18.4 Å². The minimum Gasteiger partial charge on any atom is -0.346 e. The number of ether oxygens (including phenoxy) is 4. The zero-order valence-electron chi connectivity index (χ0n) is 36.9. The zero-order valence-corrected chi connectivity index (χ0v) is 36.9. The maximum absolute atomic E-state index is 12.8. The molecular weight excluding hydrogens is 691 g/mol. The summed E-state index contributed by atoms with van der Waals surface area (Å²) in [5.74, 6) is 0. The smallest absolute Gasteiger partial charge is 0.330 e. The minimum absolute atomic E-state index is 0.263. The predicted molar refractivity (Wildman–Crippen MR) is 229 cm³/mol. The van der Waals surface area contributed by atoms with Crippen LogP contribution in [0.4, 0.5) is 0 Å².